The Hall–Kier alpha value is -0.760. The third-order valence-corrected chi connectivity index (χ3v) is 4.68. The average Bonchev–Trinajstić information content (AvgIpc) is 3.21. The Kier molecular flexibility index (Phi) is 9.62. The number of hydrogen-bond acceptors (Lipinski definition) is 2. The lowest BCUT2D eigenvalue weighted by atomic mass is 9.83. The number of halogens is 1. The molecular formula is C17H31IN4O. The summed E-state index contributed by atoms with van der Waals surface area (Å²) in [7, 11) is 3.62. The Bertz CT molecular complexity index is 441. The van der Waals surface area contributed by atoms with Gasteiger partial charge in [0.25, 0.3) is 0 Å². The molecule has 0 unspecified atom stereocenters. The van der Waals surface area contributed by atoms with Gasteiger partial charge >= 0.3 is 0 Å². The van der Waals surface area contributed by atoms with E-state index < -0.39 is 0 Å². The van der Waals surface area contributed by atoms with E-state index in [2.05, 4.69) is 32.6 Å². The summed E-state index contributed by atoms with van der Waals surface area (Å²) in [4.78, 5) is 4.33. The van der Waals surface area contributed by atoms with Gasteiger partial charge in [0, 0.05) is 52.8 Å². The second-order valence-corrected chi connectivity index (χ2v) is 6.22. The van der Waals surface area contributed by atoms with Crippen molar-refractivity contribution in [2.45, 2.75) is 38.6 Å². The molecule has 0 aliphatic heterocycles. The first-order chi connectivity index (χ1) is 10.8. The Morgan fingerprint density at radius 3 is 2.52 bits per heavy atom. The van der Waals surface area contributed by atoms with E-state index in [-0.39, 0.29) is 24.0 Å². The number of aliphatic imine (C=N–C) groups is 1. The normalized spacial score (nSPS) is 16.9. The summed E-state index contributed by atoms with van der Waals surface area (Å²) >= 11 is 0. The van der Waals surface area contributed by atoms with Crippen LogP contribution >= 0.6 is 24.0 Å². The predicted molar refractivity (Wildman–Crippen MR) is 107 cm³/mol. The largest absolute Gasteiger partial charge is 0.385 e. The second kappa shape index (κ2) is 10.9. The molecule has 0 saturated heterocycles. The molecule has 1 aliphatic carbocycles. The number of methoxy groups -OCH3 is 1. The van der Waals surface area contributed by atoms with Crippen molar-refractivity contribution in [2.24, 2.45) is 10.4 Å². The van der Waals surface area contributed by atoms with Crippen molar-refractivity contribution in [1.82, 2.24) is 15.2 Å². The van der Waals surface area contributed by atoms with Crippen molar-refractivity contribution < 1.29 is 4.74 Å². The van der Waals surface area contributed by atoms with E-state index in [1.54, 1.807) is 7.11 Å². The maximum atomic E-state index is 5.29. The first kappa shape index (κ1) is 20.3. The van der Waals surface area contributed by atoms with Gasteiger partial charge in [0.05, 0.1) is 0 Å². The SMILES string of the molecule is CN=C(NCCn1cccc1)NCC1(CCOC)CCCC1.I. The standard InChI is InChI=1S/C17H30N4O.HI/c1-18-16(19-10-13-21-11-5-6-12-21)20-15-17(9-14-22-2)7-3-4-8-17;/h5-6,11-12H,3-4,7-10,13-15H2,1-2H3,(H2,18,19,20);1H. The fraction of sp³-hybridized carbons (Fsp3) is 0.706. The van der Waals surface area contributed by atoms with Crippen LogP contribution in [0.15, 0.2) is 29.5 Å². The van der Waals surface area contributed by atoms with Crippen LogP contribution in [0.4, 0.5) is 0 Å². The van der Waals surface area contributed by atoms with Crippen molar-refractivity contribution in [3.05, 3.63) is 24.5 Å². The van der Waals surface area contributed by atoms with E-state index in [0.29, 0.717) is 5.41 Å². The zero-order valence-electron chi connectivity index (χ0n) is 14.4. The van der Waals surface area contributed by atoms with E-state index in [1.165, 1.54) is 25.7 Å². The smallest absolute Gasteiger partial charge is 0.191 e. The van der Waals surface area contributed by atoms with Gasteiger partial charge < -0.3 is 19.9 Å². The summed E-state index contributed by atoms with van der Waals surface area (Å²) in [5.74, 6) is 0.899. The van der Waals surface area contributed by atoms with Gasteiger partial charge in [-0.2, -0.15) is 0 Å². The number of ether oxygens (including phenoxy) is 1. The summed E-state index contributed by atoms with van der Waals surface area (Å²) in [6, 6.07) is 4.10. The number of nitrogens with one attached hydrogen (secondary N) is 2. The lowest BCUT2D eigenvalue weighted by molar-refractivity contribution is 0.138. The first-order valence-electron chi connectivity index (χ1n) is 8.32. The van der Waals surface area contributed by atoms with E-state index in [0.717, 1.165) is 38.6 Å². The van der Waals surface area contributed by atoms with Crippen LogP contribution in [0, 0.1) is 5.41 Å². The van der Waals surface area contributed by atoms with Crippen LogP contribution in [-0.2, 0) is 11.3 Å². The minimum atomic E-state index is 0. The van der Waals surface area contributed by atoms with Gasteiger partial charge in [-0.05, 0) is 36.8 Å². The molecule has 6 heteroatoms. The minimum absolute atomic E-state index is 0. The second-order valence-electron chi connectivity index (χ2n) is 6.22. The summed E-state index contributed by atoms with van der Waals surface area (Å²) in [5.41, 5.74) is 0.383. The molecule has 2 N–H and O–H groups in total. The molecular weight excluding hydrogens is 403 g/mol. The maximum absolute atomic E-state index is 5.29. The number of rotatable bonds is 8. The van der Waals surface area contributed by atoms with E-state index in [1.807, 2.05) is 19.2 Å². The molecule has 23 heavy (non-hydrogen) atoms. The molecule has 5 nitrogen and oxygen atoms in total. The molecule has 132 valence electrons. The van der Waals surface area contributed by atoms with E-state index >= 15 is 0 Å². The Morgan fingerprint density at radius 1 is 1.22 bits per heavy atom. The summed E-state index contributed by atoms with van der Waals surface area (Å²) in [5, 5.41) is 6.91. The van der Waals surface area contributed by atoms with Crippen molar-refractivity contribution in [3.63, 3.8) is 0 Å². The first-order valence-corrected chi connectivity index (χ1v) is 8.32. The summed E-state index contributed by atoms with van der Waals surface area (Å²) in [6.07, 6.45) is 10.6. The quantitative estimate of drug-likeness (QED) is 0.376. The van der Waals surface area contributed by atoms with Crippen LogP contribution < -0.4 is 10.6 Å². The van der Waals surface area contributed by atoms with Gasteiger partial charge in [-0.25, -0.2) is 0 Å². The van der Waals surface area contributed by atoms with Crippen LogP contribution in [0.25, 0.3) is 0 Å². The zero-order chi connectivity index (χ0) is 15.7. The third-order valence-electron chi connectivity index (χ3n) is 4.68. The molecule has 1 heterocycles. The highest BCUT2D eigenvalue weighted by Gasteiger charge is 2.33. The van der Waals surface area contributed by atoms with Gasteiger partial charge in [0.2, 0.25) is 0 Å². The van der Waals surface area contributed by atoms with Crippen molar-refractivity contribution in [1.29, 1.82) is 0 Å². The van der Waals surface area contributed by atoms with Crippen LogP contribution in [0.1, 0.15) is 32.1 Å². The molecule has 0 bridgehead atoms. The molecule has 0 aromatic carbocycles. The summed E-state index contributed by atoms with van der Waals surface area (Å²) < 4.78 is 7.46. The fourth-order valence-corrected chi connectivity index (χ4v) is 3.27. The van der Waals surface area contributed by atoms with Gasteiger partial charge in [-0.15, -0.1) is 24.0 Å². The minimum Gasteiger partial charge on any atom is -0.385 e. The van der Waals surface area contributed by atoms with Crippen LogP contribution in [0.3, 0.4) is 0 Å². The molecule has 1 aliphatic rings. The molecule has 0 radical (unpaired) electrons. The Morgan fingerprint density at radius 2 is 1.91 bits per heavy atom. The van der Waals surface area contributed by atoms with Gasteiger partial charge in [-0.1, -0.05) is 12.8 Å². The molecule has 1 aromatic rings. The van der Waals surface area contributed by atoms with Gasteiger partial charge in [-0.3, -0.25) is 4.99 Å². The predicted octanol–water partition coefficient (Wildman–Crippen LogP) is 2.87. The number of nitrogens with zero attached hydrogens (tertiary/aromatic N) is 2. The van der Waals surface area contributed by atoms with Gasteiger partial charge in [0.15, 0.2) is 5.96 Å². The highest BCUT2D eigenvalue weighted by Crippen LogP contribution is 2.40. The number of guanidine groups is 1. The topological polar surface area (TPSA) is 50.6 Å². The van der Waals surface area contributed by atoms with Crippen molar-refractivity contribution >= 4 is 29.9 Å². The Balaban J connectivity index is 0.00000264. The fourth-order valence-electron chi connectivity index (χ4n) is 3.27. The zero-order valence-corrected chi connectivity index (χ0v) is 16.7. The lowest BCUT2D eigenvalue weighted by Crippen LogP contribution is -2.44. The van der Waals surface area contributed by atoms with Crippen LogP contribution in [0.2, 0.25) is 0 Å². The van der Waals surface area contributed by atoms with Crippen molar-refractivity contribution in [3.8, 4) is 0 Å². The lowest BCUT2D eigenvalue weighted by Gasteiger charge is -2.30. The molecule has 0 atom stereocenters. The van der Waals surface area contributed by atoms with Crippen LogP contribution in [0.5, 0.6) is 0 Å². The molecule has 0 spiro atoms. The number of hydrogen-bond donors (Lipinski definition) is 2. The number of aromatic nitrogens is 1. The molecule has 1 fully saturated rings. The third kappa shape index (κ3) is 6.71. The highest BCUT2D eigenvalue weighted by atomic mass is 127. The van der Waals surface area contributed by atoms with Crippen molar-refractivity contribution in [2.75, 3.05) is 33.9 Å². The maximum Gasteiger partial charge on any atom is 0.191 e. The molecule has 0 amide bonds. The van der Waals surface area contributed by atoms with Gasteiger partial charge in [0.1, 0.15) is 0 Å². The average molecular weight is 434 g/mol. The van der Waals surface area contributed by atoms with E-state index in [9.17, 15) is 0 Å². The monoisotopic (exact) mass is 434 g/mol. The van der Waals surface area contributed by atoms with E-state index in [4.69, 9.17) is 4.74 Å². The highest BCUT2D eigenvalue weighted by molar-refractivity contribution is 14.0. The molecule has 1 aromatic heterocycles. The van der Waals surface area contributed by atoms with Crippen LogP contribution in [-0.4, -0.2) is 44.4 Å². The molecule has 1 saturated carbocycles. The summed E-state index contributed by atoms with van der Waals surface area (Å²) in [6.45, 7) is 3.66. The molecule has 2 rings (SSSR count). The Labute approximate surface area is 157 Å².